The van der Waals surface area contributed by atoms with Crippen LogP contribution in [0.5, 0.6) is 5.75 Å². The molecular formula is C11H10O4. The summed E-state index contributed by atoms with van der Waals surface area (Å²) >= 11 is 0. The molecule has 0 saturated heterocycles. The fourth-order valence-corrected chi connectivity index (χ4v) is 1.05. The maximum Gasteiger partial charge on any atom is 0.339 e. The zero-order valence-electron chi connectivity index (χ0n) is 8.10. The van der Waals surface area contributed by atoms with Crippen LogP contribution in [0, 0.1) is 0 Å². The van der Waals surface area contributed by atoms with Crippen LogP contribution < -0.4 is 0 Å². The highest BCUT2D eigenvalue weighted by atomic mass is 16.4. The summed E-state index contributed by atoms with van der Waals surface area (Å²) in [4.78, 5) is 21.6. The number of carbonyl (C=O) groups excluding carboxylic acids is 1. The second kappa shape index (κ2) is 4.41. The summed E-state index contributed by atoms with van der Waals surface area (Å²) < 4.78 is 0. The minimum Gasteiger partial charge on any atom is -0.508 e. The van der Waals surface area contributed by atoms with Gasteiger partial charge in [-0.3, -0.25) is 4.79 Å². The Bertz CT molecular complexity index is 399. The van der Waals surface area contributed by atoms with Crippen molar-refractivity contribution in [1.29, 1.82) is 0 Å². The molecule has 0 heterocycles. The predicted molar refractivity (Wildman–Crippen MR) is 54.4 cm³/mol. The van der Waals surface area contributed by atoms with E-state index in [-0.39, 0.29) is 11.3 Å². The maximum absolute atomic E-state index is 11.0. The average molecular weight is 206 g/mol. The minimum atomic E-state index is -1.25. The monoisotopic (exact) mass is 206 g/mol. The van der Waals surface area contributed by atoms with E-state index in [1.807, 2.05) is 0 Å². The molecule has 0 amide bonds. The number of benzene rings is 1. The standard InChI is InChI=1S/C11H10O4/c1-7(12)10(11(14)15)6-8-2-4-9(13)5-3-8/h2-6,13H,1H3,(H,14,15)/b10-6-. The number of Topliss-reactive ketones (excluding diaryl/α,β-unsaturated/α-hetero) is 1. The van der Waals surface area contributed by atoms with Gasteiger partial charge < -0.3 is 10.2 Å². The molecule has 0 aromatic heterocycles. The van der Waals surface area contributed by atoms with Crippen LogP contribution in [0.1, 0.15) is 12.5 Å². The molecular weight excluding hydrogens is 196 g/mol. The van der Waals surface area contributed by atoms with E-state index in [2.05, 4.69) is 0 Å². The van der Waals surface area contributed by atoms with Crippen molar-refractivity contribution in [3.05, 3.63) is 35.4 Å². The summed E-state index contributed by atoms with van der Waals surface area (Å²) in [5.74, 6) is -1.67. The van der Waals surface area contributed by atoms with Crippen LogP contribution in [-0.4, -0.2) is 22.0 Å². The Kier molecular flexibility index (Phi) is 3.23. The molecule has 0 fully saturated rings. The number of hydrogen-bond acceptors (Lipinski definition) is 3. The molecule has 4 heteroatoms. The Balaban J connectivity index is 3.08. The first-order valence-corrected chi connectivity index (χ1v) is 4.25. The van der Waals surface area contributed by atoms with Crippen LogP contribution in [0.15, 0.2) is 29.8 Å². The first-order valence-electron chi connectivity index (χ1n) is 4.25. The number of phenolic OH excluding ortho intramolecular Hbond substituents is 1. The van der Waals surface area contributed by atoms with Gasteiger partial charge in [-0.15, -0.1) is 0 Å². The maximum atomic E-state index is 11.0. The zero-order valence-corrected chi connectivity index (χ0v) is 8.10. The number of carbonyl (C=O) groups is 2. The van der Waals surface area contributed by atoms with Crippen LogP contribution in [0.4, 0.5) is 0 Å². The molecule has 15 heavy (non-hydrogen) atoms. The Morgan fingerprint density at radius 1 is 1.20 bits per heavy atom. The Morgan fingerprint density at radius 3 is 2.13 bits per heavy atom. The van der Waals surface area contributed by atoms with Crippen LogP contribution in [0.2, 0.25) is 0 Å². The Morgan fingerprint density at radius 2 is 1.73 bits per heavy atom. The van der Waals surface area contributed by atoms with E-state index in [1.165, 1.54) is 37.3 Å². The summed E-state index contributed by atoms with van der Waals surface area (Å²) in [6.07, 6.45) is 1.27. The molecule has 0 saturated carbocycles. The summed E-state index contributed by atoms with van der Waals surface area (Å²) in [6, 6.07) is 5.90. The van der Waals surface area contributed by atoms with Crippen molar-refractivity contribution in [1.82, 2.24) is 0 Å². The average Bonchev–Trinajstić information content (AvgIpc) is 2.15. The van der Waals surface area contributed by atoms with Crippen LogP contribution in [0.25, 0.3) is 6.08 Å². The van der Waals surface area contributed by atoms with Gasteiger partial charge in [0.1, 0.15) is 11.3 Å². The van der Waals surface area contributed by atoms with E-state index in [9.17, 15) is 9.59 Å². The van der Waals surface area contributed by atoms with Gasteiger partial charge in [-0.2, -0.15) is 0 Å². The fraction of sp³-hybridized carbons (Fsp3) is 0.0909. The first-order chi connectivity index (χ1) is 7.00. The van der Waals surface area contributed by atoms with E-state index in [4.69, 9.17) is 10.2 Å². The summed E-state index contributed by atoms with van der Waals surface area (Å²) in [6.45, 7) is 1.19. The molecule has 0 unspecified atom stereocenters. The van der Waals surface area contributed by atoms with Crippen molar-refractivity contribution in [2.75, 3.05) is 0 Å². The lowest BCUT2D eigenvalue weighted by Gasteiger charge is -1.98. The second-order valence-corrected chi connectivity index (χ2v) is 3.01. The van der Waals surface area contributed by atoms with Gasteiger partial charge in [-0.25, -0.2) is 4.79 Å². The van der Waals surface area contributed by atoms with Crippen LogP contribution >= 0.6 is 0 Å². The topological polar surface area (TPSA) is 74.6 Å². The molecule has 1 aromatic rings. The Hall–Kier alpha value is -2.10. The normalized spacial score (nSPS) is 11.1. The summed E-state index contributed by atoms with van der Waals surface area (Å²) in [5.41, 5.74) is 0.279. The second-order valence-electron chi connectivity index (χ2n) is 3.01. The third-order valence-corrected chi connectivity index (χ3v) is 1.81. The SMILES string of the molecule is CC(=O)/C(=C/c1ccc(O)cc1)C(=O)O. The number of aliphatic carboxylic acids is 1. The third-order valence-electron chi connectivity index (χ3n) is 1.81. The molecule has 0 spiro atoms. The first kappa shape index (κ1) is 11.0. The molecule has 0 aliphatic carbocycles. The lowest BCUT2D eigenvalue weighted by Crippen LogP contribution is -2.08. The summed E-state index contributed by atoms with van der Waals surface area (Å²) in [7, 11) is 0. The van der Waals surface area contributed by atoms with Gasteiger partial charge in [-0.05, 0) is 30.7 Å². The molecule has 0 aliphatic heterocycles. The zero-order chi connectivity index (χ0) is 11.4. The molecule has 0 aliphatic rings. The fourth-order valence-electron chi connectivity index (χ4n) is 1.05. The van der Waals surface area contributed by atoms with Crippen molar-refractivity contribution < 1.29 is 19.8 Å². The van der Waals surface area contributed by atoms with Crippen molar-refractivity contribution in [2.24, 2.45) is 0 Å². The predicted octanol–water partition coefficient (Wildman–Crippen LogP) is 1.45. The number of carboxylic acid groups (broad SMARTS) is 1. The van der Waals surface area contributed by atoms with Gasteiger partial charge >= 0.3 is 5.97 Å². The molecule has 2 N–H and O–H groups in total. The van der Waals surface area contributed by atoms with Gasteiger partial charge in [0.2, 0.25) is 0 Å². The van der Waals surface area contributed by atoms with E-state index in [1.54, 1.807) is 0 Å². The molecule has 1 rings (SSSR count). The van der Waals surface area contributed by atoms with Crippen LogP contribution in [0.3, 0.4) is 0 Å². The number of ketones is 1. The molecule has 1 aromatic carbocycles. The van der Waals surface area contributed by atoms with Crippen molar-refractivity contribution in [2.45, 2.75) is 6.92 Å². The molecule has 4 nitrogen and oxygen atoms in total. The van der Waals surface area contributed by atoms with E-state index < -0.39 is 11.8 Å². The number of aromatic hydroxyl groups is 1. The van der Waals surface area contributed by atoms with Crippen molar-refractivity contribution in [3.63, 3.8) is 0 Å². The van der Waals surface area contributed by atoms with Crippen molar-refractivity contribution in [3.8, 4) is 5.75 Å². The number of rotatable bonds is 3. The molecule has 78 valence electrons. The molecule has 0 radical (unpaired) electrons. The van der Waals surface area contributed by atoms with E-state index >= 15 is 0 Å². The molecule has 0 atom stereocenters. The van der Waals surface area contributed by atoms with Crippen LogP contribution in [-0.2, 0) is 9.59 Å². The largest absolute Gasteiger partial charge is 0.508 e. The van der Waals surface area contributed by atoms with Gasteiger partial charge in [0.05, 0.1) is 0 Å². The lowest BCUT2D eigenvalue weighted by atomic mass is 10.1. The lowest BCUT2D eigenvalue weighted by molar-refractivity contribution is -0.134. The van der Waals surface area contributed by atoms with E-state index in [0.717, 1.165) is 0 Å². The summed E-state index contributed by atoms with van der Waals surface area (Å²) in [5, 5.41) is 17.7. The molecule has 0 bridgehead atoms. The highest BCUT2D eigenvalue weighted by molar-refractivity contribution is 6.19. The van der Waals surface area contributed by atoms with Crippen molar-refractivity contribution >= 4 is 17.8 Å². The number of carboxylic acids is 1. The third kappa shape index (κ3) is 2.95. The van der Waals surface area contributed by atoms with E-state index in [0.29, 0.717) is 5.56 Å². The number of hydrogen-bond donors (Lipinski definition) is 2. The van der Waals surface area contributed by atoms with Gasteiger partial charge in [0, 0.05) is 0 Å². The highest BCUT2D eigenvalue weighted by Gasteiger charge is 2.12. The number of phenols is 1. The quantitative estimate of drug-likeness (QED) is 0.446. The van der Waals surface area contributed by atoms with Gasteiger partial charge in [0.25, 0.3) is 0 Å². The van der Waals surface area contributed by atoms with Gasteiger partial charge in [-0.1, -0.05) is 12.1 Å². The van der Waals surface area contributed by atoms with Gasteiger partial charge in [0.15, 0.2) is 5.78 Å². The minimum absolute atomic E-state index is 0.0897. The highest BCUT2D eigenvalue weighted by Crippen LogP contribution is 2.13. The Labute approximate surface area is 86.5 Å². The smallest absolute Gasteiger partial charge is 0.339 e.